The normalized spacial score (nSPS) is 30.3. The predicted molar refractivity (Wildman–Crippen MR) is 78.1 cm³/mol. The van der Waals surface area contributed by atoms with Gasteiger partial charge < -0.3 is 4.90 Å². The number of hydrogen-bond acceptors (Lipinski definition) is 3. The van der Waals surface area contributed by atoms with Crippen LogP contribution in [0.1, 0.15) is 49.0 Å². The Morgan fingerprint density at radius 2 is 2.21 bits per heavy atom. The van der Waals surface area contributed by atoms with E-state index in [0.29, 0.717) is 12.6 Å². The van der Waals surface area contributed by atoms with Crippen molar-refractivity contribution in [3.8, 4) is 0 Å². The maximum absolute atomic E-state index is 12.3. The minimum absolute atomic E-state index is 0.0913. The molecule has 1 aromatic heterocycles. The molecule has 3 rings (SSSR count). The lowest BCUT2D eigenvalue weighted by Gasteiger charge is -2.38. The molecule has 1 amide bonds. The number of aryl methyl sites for hydroxylation is 1. The molecule has 1 aliphatic heterocycles. The Labute approximate surface area is 119 Å². The smallest absolute Gasteiger partial charge is 0.238 e. The zero-order valence-corrected chi connectivity index (χ0v) is 12.7. The van der Waals surface area contributed by atoms with Crippen molar-refractivity contribution in [2.24, 2.45) is 5.41 Å². The fourth-order valence-electron chi connectivity index (χ4n) is 3.53. The fourth-order valence-corrected chi connectivity index (χ4v) is 4.49. The monoisotopic (exact) mass is 278 g/mol. The molecule has 1 aliphatic carbocycles. The van der Waals surface area contributed by atoms with Gasteiger partial charge in [0.05, 0.1) is 6.54 Å². The highest BCUT2D eigenvalue weighted by atomic mass is 32.1. The summed E-state index contributed by atoms with van der Waals surface area (Å²) in [6, 6.07) is 4.68. The van der Waals surface area contributed by atoms with Crippen molar-refractivity contribution in [1.29, 1.82) is 0 Å². The molecule has 3 nitrogen and oxygen atoms in total. The summed E-state index contributed by atoms with van der Waals surface area (Å²) in [5, 5.41) is 3.39. The van der Waals surface area contributed by atoms with Crippen LogP contribution >= 0.6 is 11.3 Å². The van der Waals surface area contributed by atoms with Crippen LogP contribution in [-0.4, -0.2) is 23.4 Å². The second-order valence-corrected chi connectivity index (χ2v) is 7.75. The van der Waals surface area contributed by atoms with Crippen molar-refractivity contribution in [3.05, 3.63) is 21.9 Å². The molecule has 2 heterocycles. The third kappa shape index (κ3) is 2.21. The van der Waals surface area contributed by atoms with Crippen molar-refractivity contribution < 1.29 is 4.79 Å². The van der Waals surface area contributed by atoms with E-state index in [2.05, 4.69) is 43.1 Å². The Morgan fingerprint density at radius 3 is 2.79 bits per heavy atom. The average molecular weight is 278 g/mol. The molecule has 2 fully saturated rings. The molecule has 1 saturated heterocycles. The number of rotatable bonds is 2. The van der Waals surface area contributed by atoms with Crippen LogP contribution < -0.4 is 5.32 Å². The summed E-state index contributed by atoms with van der Waals surface area (Å²) in [6.45, 7) is 7.20. The van der Waals surface area contributed by atoms with Gasteiger partial charge in [-0.1, -0.05) is 20.3 Å². The lowest BCUT2D eigenvalue weighted by Crippen LogP contribution is -2.44. The first kappa shape index (κ1) is 13.1. The standard InChI is InChI=1S/C15H22N2OS/c1-10-6-7-11(19-10)14-16-9-13(18)17(14)12-5-4-8-15(12,2)3/h6-7,12,14,16H,4-5,8-9H2,1-3H3. The second kappa shape index (κ2) is 4.60. The molecule has 2 atom stereocenters. The highest BCUT2D eigenvalue weighted by Gasteiger charge is 2.46. The molecule has 1 saturated carbocycles. The van der Waals surface area contributed by atoms with Gasteiger partial charge in [0.15, 0.2) is 0 Å². The first-order chi connectivity index (χ1) is 8.99. The van der Waals surface area contributed by atoms with Gasteiger partial charge >= 0.3 is 0 Å². The SMILES string of the molecule is Cc1ccc(C2NCC(=O)N2C2CCCC2(C)C)s1. The lowest BCUT2D eigenvalue weighted by atomic mass is 9.86. The molecule has 0 bridgehead atoms. The number of carbonyl (C=O) groups is 1. The van der Waals surface area contributed by atoms with Crippen LogP contribution in [-0.2, 0) is 4.79 Å². The zero-order chi connectivity index (χ0) is 13.6. The third-order valence-corrected chi connectivity index (χ3v) is 5.63. The third-order valence-electron chi connectivity index (χ3n) is 4.58. The molecule has 19 heavy (non-hydrogen) atoms. The maximum atomic E-state index is 12.3. The van der Waals surface area contributed by atoms with Gasteiger partial charge in [-0.3, -0.25) is 10.1 Å². The minimum atomic E-state index is 0.0913. The van der Waals surface area contributed by atoms with Crippen molar-refractivity contribution in [3.63, 3.8) is 0 Å². The van der Waals surface area contributed by atoms with Crippen LogP contribution in [0.15, 0.2) is 12.1 Å². The van der Waals surface area contributed by atoms with Gasteiger partial charge in [0.25, 0.3) is 0 Å². The second-order valence-electron chi connectivity index (χ2n) is 6.43. The van der Waals surface area contributed by atoms with E-state index >= 15 is 0 Å². The molecular formula is C15H22N2OS. The number of hydrogen-bond donors (Lipinski definition) is 1. The van der Waals surface area contributed by atoms with E-state index in [1.807, 2.05) is 0 Å². The summed E-state index contributed by atoms with van der Waals surface area (Å²) >= 11 is 1.79. The molecule has 1 N–H and O–H groups in total. The highest BCUT2D eigenvalue weighted by Crippen LogP contribution is 2.44. The molecule has 2 unspecified atom stereocenters. The largest absolute Gasteiger partial charge is 0.317 e. The quantitative estimate of drug-likeness (QED) is 0.901. The van der Waals surface area contributed by atoms with E-state index < -0.39 is 0 Å². The van der Waals surface area contributed by atoms with E-state index in [4.69, 9.17) is 0 Å². The summed E-state index contributed by atoms with van der Waals surface area (Å²) in [5.41, 5.74) is 0.242. The van der Waals surface area contributed by atoms with Crippen molar-refractivity contribution in [2.75, 3.05) is 6.54 Å². The first-order valence-corrected chi connectivity index (χ1v) is 7.91. The first-order valence-electron chi connectivity index (χ1n) is 7.10. The van der Waals surface area contributed by atoms with Crippen LogP contribution in [0.3, 0.4) is 0 Å². The molecule has 0 aromatic carbocycles. The van der Waals surface area contributed by atoms with Gasteiger partial charge in [-0.25, -0.2) is 0 Å². The number of thiophene rings is 1. The number of carbonyl (C=O) groups excluding carboxylic acids is 1. The van der Waals surface area contributed by atoms with Gasteiger partial charge in [-0.15, -0.1) is 11.3 Å². The van der Waals surface area contributed by atoms with Crippen LogP contribution in [0.4, 0.5) is 0 Å². The summed E-state index contributed by atoms with van der Waals surface area (Å²) in [7, 11) is 0. The van der Waals surface area contributed by atoms with E-state index in [1.54, 1.807) is 11.3 Å². The number of nitrogens with zero attached hydrogens (tertiary/aromatic N) is 1. The fraction of sp³-hybridized carbons (Fsp3) is 0.667. The Kier molecular flexibility index (Phi) is 3.18. The lowest BCUT2D eigenvalue weighted by molar-refractivity contribution is -0.132. The molecular weight excluding hydrogens is 256 g/mol. The Hall–Kier alpha value is -0.870. The van der Waals surface area contributed by atoms with Gasteiger partial charge in [-0.2, -0.15) is 0 Å². The van der Waals surface area contributed by atoms with Gasteiger partial charge in [-0.05, 0) is 37.3 Å². The minimum Gasteiger partial charge on any atom is -0.317 e. The molecule has 0 spiro atoms. The van der Waals surface area contributed by atoms with Crippen LogP contribution in [0, 0.1) is 12.3 Å². The molecule has 2 aliphatic rings. The number of nitrogens with one attached hydrogen (secondary N) is 1. The Bertz CT molecular complexity index is 494. The number of amides is 1. The average Bonchev–Trinajstić information content (AvgIpc) is 2.98. The predicted octanol–water partition coefficient (Wildman–Crippen LogP) is 3.07. The van der Waals surface area contributed by atoms with E-state index in [1.165, 1.54) is 22.6 Å². The zero-order valence-electron chi connectivity index (χ0n) is 11.9. The van der Waals surface area contributed by atoms with Crippen molar-refractivity contribution in [2.45, 2.75) is 52.2 Å². The van der Waals surface area contributed by atoms with Crippen LogP contribution in [0.25, 0.3) is 0 Å². The molecule has 0 radical (unpaired) electrons. The highest BCUT2D eigenvalue weighted by molar-refractivity contribution is 7.12. The maximum Gasteiger partial charge on any atom is 0.238 e. The topological polar surface area (TPSA) is 32.3 Å². The molecule has 4 heteroatoms. The van der Waals surface area contributed by atoms with Crippen LogP contribution in [0.2, 0.25) is 0 Å². The van der Waals surface area contributed by atoms with Gasteiger partial charge in [0.1, 0.15) is 6.17 Å². The van der Waals surface area contributed by atoms with Gasteiger partial charge in [0, 0.05) is 15.8 Å². The van der Waals surface area contributed by atoms with E-state index in [0.717, 1.165) is 6.42 Å². The van der Waals surface area contributed by atoms with E-state index in [-0.39, 0.29) is 17.5 Å². The summed E-state index contributed by atoms with van der Waals surface area (Å²) < 4.78 is 0. The van der Waals surface area contributed by atoms with Gasteiger partial charge in [0.2, 0.25) is 5.91 Å². The summed E-state index contributed by atoms with van der Waals surface area (Å²) in [6.07, 6.45) is 3.69. The van der Waals surface area contributed by atoms with Crippen molar-refractivity contribution >= 4 is 17.2 Å². The molecule has 104 valence electrons. The van der Waals surface area contributed by atoms with E-state index in [9.17, 15) is 4.79 Å². The molecule has 1 aromatic rings. The summed E-state index contributed by atoms with van der Waals surface area (Å²) in [5.74, 6) is 0.260. The Morgan fingerprint density at radius 1 is 1.42 bits per heavy atom. The van der Waals surface area contributed by atoms with Crippen LogP contribution in [0.5, 0.6) is 0 Å². The Balaban J connectivity index is 1.91. The summed E-state index contributed by atoms with van der Waals surface area (Å²) in [4.78, 5) is 17.0. The van der Waals surface area contributed by atoms with Crippen molar-refractivity contribution in [1.82, 2.24) is 10.2 Å².